The topological polar surface area (TPSA) is 113 Å². The van der Waals surface area contributed by atoms with Crippen LogP contribution in [0.4, 0.5) is 0 Å². The zero-order valence-electron chi connectivity index (χ0n) is 23.8. The maximum atomic E-state index is 13.3. The van der Waals surface area contributed by atoms with Gasteiger partial charge in [0.2, 0.25) is 11.8 Å². The van der Waals surface area contributed by atoms with Gasteiger partial charge in [-0.2, -0.15) is 0 Å². The van der Waals surface area contributed by atoms with Gasteiger partial charge in [-0.25, -0.2) is 0 Å². The number of ether oxygens (including phenoxy) is 2. The summed E-state index contributed by atoms with van der Waals surface area (Å²) in [5.74, 6) is -0.282. The van der Waals surface area contributed by atoms with Gasteiger partial charge >= 0.3 is 0 Å². The van der Waals surface area contributed by atoms with Crippen LogP contribution in [-0.4, -0.2) is 88.6 Å². The molecule has 9 heteroatoms. The van der Waals surface area contributed by atoms with E-state index in [2.05, 4.69) is 68.1 Å². The Morgan fingerprint density at radius 2 is 1.37 bits per heavy atom. The molecular formula is C26H55N5O4. The van der Waals surface area contributed by atoms with Crippen molar-refractivity contribution in [2.75, 3.05) is 53.6 Å². The second-order valence-corrected chi connectivity index (χ2v) is 11.2. The lowest BCUT2D eigenvalue weighted by atomic mass is 10.0. The van der Waals surface area contributed by atoms with Gasteiger partial charge in [0.05, 0.1) is 25.9 Å². The average molecular weight is 502 g/mol. The van der Waals surface area contributed by atoms with Crippen molar-refractivity contribution in [3.8, 4) is 0 Å². The number of nitrogens with one attached hydrogen (secondary N) is 5. The lowest BCUT2D eigenvalue weighted by Gasteiger charge is -2.29. The molecule has 0 saturated heterocycles. The van der Waals surface area contributed by atoms with E-state index in [1.807, 2.05) is 7.05 Å². The predicted molar refractivity (Wildman–Crippen MR) is 144 cm³/mol. The van der Waals surface area contributed by atoms with E-state index in [9.17, 15) is 9.59 Å². The molecule has 35 heavy (non-hydrogen) atoms. The molecule has 0 heterocycles. The van der Waals surface area contributed by atoms with Crippen molar-refractivity contribution >= 4 is 11.8 Å². The summed E-state index contributed by atoms with van der Waals surface area (Å²) in [6.45, 7) is 16.2. The highest BCUT2D eigenvalue weighted by atomic mass is 16.5. The molecule has 0 aliphatic carbocycles. The summed E-state index contributed by atoms with van der Waals surface area (Å²) >= 11 is 0. The summed E-state index contributed by atoms with van der Waals surface area (Å²) in [5, 5.41) is 16.0. The van der Waals surface area contributed by atoms with Crippen molar-refractivity contribution in [2.45, 2.75) is 103 Å². The fourth-order valence-electron chi connectivity index (χ4n) is 3.53. The fraction of sp³-hybridized carbons (Fsp3) is 0.923. The van der Waals surface area contributed by atoms with Gasteiger partial charge in [0.15, 0.2) is 0 Å². The molecule has 0 rings (SSSR count). The van der Waals surface area contributed by atoms with Gasteiger partial charge in [0.1, 0.15) is 6.04 Å². The molecule has 208 valence electrons. The second kappa shape index (κ2) is 18.9. The van der Waals surface area contributed by atoms with Crippen LogP contribution in [0.25, 0.3) is 0 Å². The Morgan fingerprint density at radius 1 is 0.743 bits per heavy atom. The SMILES string of the molecule is CNCCCCC(NC(=O)C(CCCCNC(C)(C)C)NC(C)(C)C)C(=O)NCCOCCOC. The number of hydrogen-bond donors (Lipinski definition) is 5. The van der Waals surface area contributed by atoms with Gasteiger partial charge in [0, 0.05) is 24.7 Å². The summed E-state index contributed by atoms with van der Waals surface area (Å²) < 4.78 is 10.4. The quantitative estimate of drug-likeness (QED) is 0.162. The van der Waals surface area contributed by atoms with E-state index in [1.165, 1.54) is 0 Å². The molecule has 0 saturated carbocycles. The van der Waals surface area contributed by atoms with Crippen molar-refractivity contribution in [1.29, 1.82) is 0 Å². The van der Waals surface area contributed by atoms with Crippen molar-refractivity contribution in [1.82, 2.24) is 26.6 Å². The van der Waals surface area contributed by atoms with E-state index in [0.717, 1.165) is 45.2 Å². The minimum absolute atomic E-state index is 0.0864. The number of carbonyl (C=O) groups excluding carboxylic acids is 2. The molecule has 0 aromatic carbocycles. The summed E-state index contributed by atoms with van der Waals surface area (Å²) in [6, 6.07) is -0.917. The molecule has 0 aromatic heterocycles. The monoisotopic (exact) mass is 501 g/mol. The molecule has 2 unspecified atom stereocenters. The largest absolute Gasteiger partial charge is 0.382 e. The Bertz CT molecular complexity index is 561. The third-order valence-corrected chi connectivity index (χ3v) is 5.28. The first kappa shape index (κ1) is 33.7. The molecule has 2 atom stereocenters. The smallest absolute Gasteiger partial charge is 0.242 e. The van der Waals surface area contributed by atoms with E-state index < -0.39 is 6.04 Å². The van der Waals surface area contributed by atoms with Gasteiger partial charge in [-0.3, -0.25) is 9.59 Å². The van der Waals surface area contributed by atoms with E-state index in [0.29, 0.717) is 32.8 Å². The Hall–Kier alpha value is -1.26. The lowest BCUT2D eigenvalue weighted by molar-refractivity contribution is -0.130. The van der Waals surface area contributed by atoms with Crippen molar-refractivity contribution < 1.29 is 19.1 Å². The number of hydrogen-bond acceptors (Lipinski definition) is 7. The number of unbranched alkanes of at least 4 members (excludes halogenated alkanes) is 2. The Morgan fingerprint density at radius 3 is 1.94 bits per heavy atom. The van der Waals surface area contributed by atoms with E-state index in [1.54, 1.807) is 7.11 Å². The van der Waals surface area contributed by atoms with Crippen LogP contribution in [0, 0.1) is 0 Å². The molecule has 2 amide bonds. The van der Waals surface area contributed by atoms with Gasteiger partial charge in [-0.05, 0) is 93.8 Å². The standard InChI is InChI=1S/C26H55N5O4/c1-25(2,3)29-16-12-10-14-22(31-26(4,5)6)24(33)30-21(13-9-11-15-27-7)23(32)28-17-18-35-20-19-34-8/h21-22,27,29,31H,9-20H2,1-8H3,(H,28,32)(H,30,33). The summed E-state index contributed by atoms with van der Waals surface area (Å²) in [4.78, 5) is 26.2. The first-order valence-electron chi connectivity index (χ1n) is 13.2. The molecule has 9 nitrogen and oxygen atoms in total. The van der Waals surface area contributed by atoms with Crippen molar-refractivity contribution in [2.24, 2.45) is 0 Å². The highest BCUT2D eigenvalue weighted by molar-refractivity contribution is 5.89. The Kier molecular flexibility index (Phi) is 18.3. The Balaban J connectivity index is 4.96. The minimum Gasteiger partial charge on any atom is -0.382 e. The summed E-state index contributed by atoms with van der Waals surface area (Å²) in [6.07, 6.45) is 5.02. The van der Waals surface area contributed by atoms with E-state index in [4.69, 9.17) is 9.47 Å². The zero-order valence-corrected chi connectivity index (χ0v) is 23.8. The predicted octanol–water partition coefficient (Wildman–Crippen LogP) is 1.96. The molecule has 0 aliphatic rings. The molecular weight excluding hydrogens is 446 g/mol. The van der Waals surface area contributed by atoms with Crippen molar-refractivity contribution in [3.63, 3.8) is 0 Å². The number of carbonyl (C=O) groups is 2. The first-order valence-corrected chi connectivity index (χ1v) is 13.2. The van der Waals surface area contributed by atoms with Crippen LogP contribution in [0.1, 0.15) is 80.1 Å². The molecule has 5 N–H and O–H groups in total. The van der Waals surface area contributed by atoms with Crippen LogP contribution in [0.15, 0.2) is 0 Å². The average Bonchev–Trinajstić information content (AvgIpc) is 2.75. The summed E-state index contributed by atoms with van der Waals surface area (Å²) in [5.41, 5.74) is -0.126. The van der Waals surface area contributed by atoms with Gasteiger partial charge in [-0.15, -0.1) is 0 Å². The third-order valence-electron chi connectivity index (χ3n) is 5.28. The molecule has 0 aliphatic heterocycles. The molecule has 0 aromatic rings. The van der Waals surface area contributed by atoms with Gasteiger partial charge in [-0.1, -0.05) is 6.42 Å². The van der Waals surface area contributed by atoms with E-state index >= 15 is 0 Å². The number of rotatable bonds is 20. The van der Waals surface area contributed by atoms with Crippen LogP contribution in [0.5, 0.6) is 0 Å². The summed E-state index contributed by atoms with van der Waals surface area (Å²) in [7, 11) is 3.53. The van der Waals surface area contributed by atoms with Gasteiger partial charge < -0.3 is 36.1 Å². The van der Waals surface area contributed by atoms with Crippen LogP contribution in [-0.2, 0) is 19.1 Å². The lowest BCUT2D eigenvalue weighted by Crippen LogP contribution is -2.56. The highest BCUT2D eigenvalue weighted by Gasteiger charge is 2.27. The van der Waals surface area contributed by atoms with E-state index in [-0.39, 0.29) is 28.9 Å². The third kappa shape index (κ3) is 20.6. The van der Waals surface area contributed by atoms with Crippen molar-refractivity contribution in [3.05, 3.63) is 0 Å². The minimum atomic E-state index is -0.565. The number of methoxy groups -OCH3 is 1. The van der Waals surface area contributed by atoms with Crippen LogP contribution >= 0.6 is 0 Å². The molecule has 0 spiro atoms. The second-order valence-electron chi connectivity index (χ2n) is 11.2. The normalized spacial score (nSPS) is 13.9. The molecule has 0 fully saturated rings. The first-order chi connectivity index (χ1) is 16.4. The fourth-order valence-corrected chi connectivity index (χ4v) is 3.53. The maximum Gasteiger partial charge on any atom is 0.242 e. The van der Waals surface area contributed by atoms with Crippen LogP contribution < -0.4 is 26.6 Å². The zero-order chi connectivity index (χ0) is 26.7. The molecule has 0 bridgehead atoms. The van der Waals surface area contributed by atoms with Crippen LogP contribution in [0.2, 0.25) is 0 Å². The highest BCUT2D eigenvalue weighted by Crippen LogP contribution is 2.10. The van der Waals surface area contributed by atoms with Gasteiger partial charge in [0.25, 0.3) is 0 Å². The van der Waals surface area contributed by atoms with Crippen LogP contribution in [0.3, 0.4) is 0 Å². The Labute approximate surface area is 214 Å². The number of amides is 2. The molecule has 0 radical (unpaired) electrons. The maximum absolute atomic E-state index is 13.3.